The molecule has 0 fully saturated rings. The molecule has 130 valence electrons. The molecule has 0 spiro atoms. The fourth-order valence-electron chi connectivity index (χ4n) is 2.82. The maximum absolute atomic E-state index is 6.25. The fourth-order valence-corrected chi connectivity index (χ4v) is 6.77. The third-order valence-electron chi connectivity index (χ3n) is 4.08. The molecular weight excluding hydrogens is 328 g/mol. The van der Waals surface area contributed by atoms with Crippen molar-refractivity contribution < 1.29 is 8.85 Å². The topological polar surface area (TPSA) is 18.5 Å². The predicted octanol–water partition coefficient (Wildman–Crippen LogP) is 6.33. The molecule has 0 saturated carbocycles. The van der Waals surface area contributed by atoms with Gasteiger partial charge in [-0.1, -0.05) is 49.2 Å². The van der Waals surface area contributed by atoms with E-state index in [9.17, 15) is 0 Å². The van der Waals surface area contributed by atoms with Crippen molar-refractivity contribution in [1.82, 2.24) is 0 Å². The van der Waals surface area contributed by atoms with Crippen LogP contribution < -0.4 is 8.85 Å². The minimum atomic E-state index is -1.64. The molecule has 0 unspecified atom stereocenters. The minimum absolute atomic E-state index is 1.01. The monoisotopic (exact) mass is 358 g/mol. The standard InChI is InChI=1S/C20H30O2Si2/c1-23(2,21-19-13-7-5-8-14-19)17-11-12-18-24(3,4)22-20-15-9-6-10-16-20/h5-10,13-16H,11-12,17-18H2,1-4H3. The van der Waals surface area contributed by atoms with Crippen molar-refractivity contribution in [2.24, 2.45) is 0 Å². The van der Waals surface area contributed by atoms with Gasteiger partial charge >= 0.3 is 0 Å². The summed E-state index contributed by atoms with van der Waals surface area (Å²) in [5, 5.41) is 0. The van der Waals surface area contributed by atoms with Crippen LogP contribution in [0.1, 0.15) is 12.8 Å². The first-order valence-corrected chi connectivity index (χ1v) is 15.1. The first-order chi connectivity index (χ1) is 11.4. The van der Waals surface area contributed by atoms with E-state index in [4.69, 9.17) is 8.85 Å². The summed E-state index contributed by atoms with van der Waals surface area (Å²) in [6.07, 6.45) is 2.45. The quantitative estimate of drug-likeness (QED) is 0.385. The molecule has 0 heterocycles. The summed E-state index contributed by atoms with van der Waals surface area (Å²) in [4.78, 5) is 0. The van der Waals surface area contributed by atoms with Crippen LogP contribution in [0.3, 0.4) is 0 Å². The van der Waals surface area contributed by atoms with Gasteiger partial charge in [-0.25, -0.2) is 0 Å². The zero-order chi connectivity index (χ0) is 17.5. The maximum atomic E-state index is 6.25. The van der Waals surface area contributed by atoms with Crippen molar-refractivity contribution in [3.05, 3.63) is 60.7 Å². The Hall–Kier alpha value is -1.53. The van der Waals surface area contributed by atoms with Gasteiger partial charge in [-0.3, -0.25) is 0 Å². The number of rotatable bonds is 9. The molecule has 0 aliphatic carbocycles. The molecule has 2 aromatic rings. The largest absolute Gasteiger partial charge is 0.544 e. The Balaban J connectivity index is 1.73. The highest BCUT2D eigenvalue weighted by molar-refractivity contribution is 6.72. The molecule has 4 heteroatoms. The molecular formula is C20H30O2Si2. The van der Waals surface area contributed by atoms with E-state index in [-0.39, 0.29) is 0 Å². The molecule has 0 aliphatic rings. The Kier molecular flexibility index (Phi) is 6.69. The van der Waals surface area contributed by atoms with Crippen LogP contribution in [0.4, 0.5) is 0 Å². The molecule has 0 aromatic heterocycles. The van der Waals surface area contributed by atoms with E-state index < -0.39 is 16.6 Å². The van der Waals surface area contributed by atoms with Gasteiger partial charge in [0.15, 0.2) is 0 Å². The van der Waals surface area contributed by atoms with Crippen molar-refractivity contribution in [3.8, 4) is 11.5 Å². The SMILES string of the molecule is C[Si](C)(CCCC[Si](C)(C)Oc1ccccc1)Oc1ccccc1. The molecule has 0 radical (unpaired) electrons. The predicted molar refractivity (Wildman–Crippen MR) is 108 cm³/mol. The second-order valence-electron chi connectivity index (χ2n) is 7.56. The van der Waals surface area contributed by atoms with E-state index in [1.165, 1.54) is 24.9 Å². The lowest BCUT2D eigenvalue weighted by Gasteiger charge is -2.26. The van der Waals surface area contributed by atoms with Crippen molar-refractivity contribution in [1.29, 1.82) is 0 Å². The Labute approximate surface area is 149 Å². The van der Waals surface area contributed by atoms with E-state index >= 15 is 0 Å². The van der Waals surface area contributed by atoms with Crippen molar-refractivity contribution in [2.45, 2.75) is 51.1 Å². The first-order valence-electron chi connectivity index (χ1n) is 8.84. The number of para-hydroxylation sites is 2. The van der Waals surface area contributed by atoms with E-state index in [1.807, 2.05) is 36.4 Å². The smallest absolute Gasteiger partial charge is 0.245 e. The molecule has 0 amide bonds. The number of unbranched alkanes of at least 4 members (excludes halogenated alkanes) is 1. The average Bonchev–Trinajstić information content (AvgIpc) is 2.53. The summed E-state index contributed by atoms with van der Waals surface area (Å²) in [6.45, 7) is 9.23. The molecule has 0 bridgehead atoms. The molecule has 2 nitrogen and oxygen atoms in total. The molecule has 2 rings (SSSR count). The highest BCUT2D eigenvalue weighted by Crippen LogP contribution is 2.24. The van der Waals surface area contributed by atoms with E-state index in [1.54, 1.807) is 0 Å². The van der Waals surface area contributed by atoms with Crippen LogP contribution >= 0.6 is 0 Å². The molecule has 0 atom stereocenters. The summed E-state index contributed by atoms with van der Waals surface area (Å²) in [7, 11) is -3.28. The summed E-state index contributed by atoms with van der Waals surface area (Å²) < 4.78 is 12.5. The Morgan fingerprint density at radius 2 is 0.917 bits per heavy atom. The highest BCUT2D eigenvalue weighted by atomic mass is 28.4. The summed E-state index contributed by atoms with van der Waals surface area (Å²) in [5.74, 6) is 2.02. The highest BCUT2D eigenvalue weighted by Gasteiger charge is 2.27. The van der Waals surface area contributed by atoms with Crippen molar-refractivity contribution in [2.75, 3.05) is 0 Å². The van der Waals surface area contributed by atoms with Gasteiger partial charge in [0.05, 0.1) is 0 Å². The second-order valence-corrected chi connectivity index (χ2v) is 16.0. The molecule has 0 aliphatic heterocycles. The number of hydrogen-bond acceptors (Lipinski definition) is 2. The van der Waals surface area contributed by atoms with Crippen LogP contribution in [-0.4, -0.2) is 16.6 Å². The van der Waals surface area contributed by atoms with Crippen LogP contribution in [0, 0.1) is 0 Å². The van der Waals surface area contributed by atoms with E-state index in [0.717, 1.165) is 11.5 Å². The summed E-state index contributed by atoms with van der Waals surface area (Å²) in [6, 6.07) is 22.8. The van der Waals surface area contributed by atoms with Crippen LogP contribution in [0.5, 0.6) is 11.5 Å². The van der Waals surface area contributed by atoms with Gasteiger partial charge in [0.1, 0.15) is 11.5 Å². The average molecular weight is 359 g/mol. The molecule has 0 saturated heterocycles. The first kappa shape index (κ1) is 18.8. The zero-order valence-corrected chi connectivity index (χ0v) is 17.4. The molecule has 2 aromatic carbocycles. The van der Waals surface area contributed by atoms with E-state index in [2.05, 4.69) is 50.5 Å². The zero-order valence-electron chi connectivity index (χ0n) is 15.4. The van der Waals surface area contributed by atoms with Gasteiger partial charge in [-0.05, 0) is 62.5 Å². The lowest BCUT2D eigenvalue weighted by atomic mass is 10.3. The number of hydrogen-bond donors (Lipinski definition) is 0. The van der Waals surface area contributed by atoms with Gasteiger partial charge in [-0.2, -0.15) is 0 Å². The van der Waals surface area contributed by atoms with Gasteiger partial charge in [0, 0.05) is 0 Å². The summed E-state index contributed by atoms with van der Waals surface area (Å²) in [5.41, 5.74) is 0. The normalized spacial score (nSPS) is 12.0. The van der Waals surface area contributed by atoms with Gasteiger partial charge in [0.25, 0.3) is 0 Å². The second kappa shape index (κ2) is 8.54. The fraction of sp³-hybridized carbons (Fsp3) is 0.400. The minimum Gasteiger partial charge on any atom is -0.544 e. The Bertz CT molecular complexity index is 542. The number of benzene rings is 2. The van der Waals surface area contributed by atoms with Crippen LogP contribution in [0.2, 0.25) is 38.3 Å². The van der Waals surface area contributed by atoms with Crippen molar-refractivity contribution in [3.63, 3.8) is 0 Å². The van der Waals surface area contributed by atoms with Crippen LogP contribution in [0.15, 0.2) is 60.7 Å². The maximum Gasteiger partial charge on any atom is 0.245 e. The Morgan fingerprint density at radius 3 is 1.25 bits per heavy atom. The molecule has 0 N–H and O–H groups in total. The van der Waals surface area contributed by atoms with Gasteiger partial charge in [-0.15, -0.1) is 0 Å². The van der Waals surface area contributed by atoms with Crippen molar-refractivity contribution >= 4 is 16.6 Å². The van der Waals surface area contributed by atoms with Gasteiger partial charge < -0.3 is 8.85 Å². The van der Waals surface area contributed by atoms with Crippen LogP contribution in [-0.2, 0) is 0 Å². The summed E-state index contributed by atoms with van der Waals surface area (Å²) >= 11 is 0. The third kappa shape index (κ3) is 6.93. The van der Waals surface area contributed by atoms with E-state index in [0.29, 0.717) is 0 Å². The van der Waals surface area contributed by atoms with Crippen LogP contribution in [0.25, 0.3) is 0 Å². The lowest BCUT2D eigenvalue weighted by Crippen LogP contribution is -2.35. The third-order valence-corrected chi connectivity index (χ3v) is 8.77. The van der Waals surface area contributed by atoms with Gasteiger partial charge in [0.2, 0.25) is 16.6 Å². The Morgan fingerprint density at radius 1 is 0.583 bits per heavy atom. The lowest BCUT2D eigenvalue weighted by molar-refractivity contribution is 0.532. The molecule has 24 heavy (non-hydrogen) atoms.